The van der Waals surface area contributed by atoms with Gasteiger partial charge >= 0.3 is 0 Å². The highest BCUT2D eigenvalue weighted by molar-refractivity contribution is 5.78. The van der Waals surface area contributed by atoms with Gasteiger partial charge in [-0.1, -0.05) is 36.4 Å². The van der Waals surface area contributed by atoms with Gasteiger partial charge in [0.05, 0.1) is 17.6 Å². The summed E-state index contributed by atoms with van der Waals surface area (Å²) in [6.45, 7) is 5.49. The number of benzene rings is 2. The first-order valence-electron chi connectivity index (χ1n) is 10.2. The number of rotatable bonds is 6. The Morgan fingerprint density at radius 2 is 1.96 bits per heavy atom. The summed E-state index contributed by atoms with van der Waals surface area (Å²) in [5.41, 5.74) is 4.62. The summed E-state index contributed by atoms with van der Waals surface area (Å²) < 4.78 is 0. The smallest absolute Gasteiger partial charge is 0.223 e. The van der Waals surface area contributed by atoms with E-state index in [0.29, 0.717) is 6.54 Å². The lowest BCUT2D eigenvalue weighted by Crippen LogP contribution is -2.40. The minimum absolute atomic E-state index is 0.130. The minimum atomic E-state index is 0.130. The zero-order chi connectivity index (χ0) is 19.3. The number of carbonyl (C=O) groups excluding carboxylic acids is 1. The zero-order valence-corrected chi connectivity index (χ0v) is 16.4. The normalized spacial score (nSPS) is 15.8. The van der Waals surface area contributed by atoms with Gasteiger partial charge in [0, 0.05) is 12.5 Å². The molecule has 0 saturated carbocycles. The molecule has 28 heavy (non-hydrogen) atoms. The Morgan fingerprint density at radius 3 is 2.75 bits per heavy atom. The number of aromatic amines is 1. The number of hydrogen-bond acceptors (Lipinski definition) is 3. The Morgan fingerprint density at radius 1 is 1.18 bits per heavy atom. The molecule has 1 aromatic heterocycles. The number of likely N-dealkylation sites (tertiary alicyclic amines) is 1. The van der Waals surface area contributed by atoms with Crippen molar-refractivity contribution in [3.63, 3.8) is 0 Å². The molecule has 1 fully saturated rings. The fourth-order valence-corrected chi connectivity index (χ4v) is 3.94. The number of amides is 1. The van der Waals surface area contributed by atoms with Crippen LogP contribution in [0.3, 0.4) is 0 Å². The van der Waals surface area contributed by atoms with Crippen molar-refractivity contribution < 1.29 is 4.79 Å². The van der Waals surface area contributed by atoms with Crippen molar-refractivity contribution >= 4 is 16.9 Å². The minimum Gasteiger partial charge on any atom is -0.356 e. The van der Waals surface area contributed by atoms with E-state index in [4.69, 9.17) is 4.98 Å². The van der Waals surface area contributed by atoms with Crippen LogP contribution in [-0.4, -0.2) is 40.4 Å². The third-order valence-corrected chi connectivity index (χ3v) is 5.57. The number of H-pyrrole nitrogens is 1. The molecule has 1 aliphatic heterocycles. The highest BCUT2D eigenvalue weighted by Crippen LogP contribution is 2.20. The Bertz CT molecular complexity index is 926. The molecule has 0 radical (unpaired) electrons. The molecule has 1 saturated heterocycles. The van der Waals surface area contributed by atoms with Crippen LogP contribution in [0.15, 0.2) is 48.5 Å². The van der Waals surface area contributed by atoms with Crippen molar-refractivity contribution in [3.8, 4) is 0 Å². The van der Waals surface area contributed by atoms with E-state index < -0.39 is 0 Å². The van der Waals surface area contributed by atoms with Gasteiger partial charge in [0.2, 0.25) is 5.91 Å². The molecule has 0 atom stereocenters. The Balaban J connectivity index is 1.23. The van der Waals surface area contributed by atoms with E-state index in [0.717, 1.165) is 55.8 Å². The molecular weight excluding hydrogens is 348 g/mol. The van der Waals surface area contributed by atoms with Crippen LogP contribution in [0.4, 0.5) is 0 Å². The molecule has 4 rings (SSSR count). The van der Waals surface area contributed by atoms with Gasteiger partial charge in [-0.2, -0.15) is 0 Å². The largest absolute Gasteiger partial charge is 0.356 e. The zero-order valence-electron chi connectivity index (χ0n) is 16.4. The van der Waals surface area contributed by atoms with Crippen molar-refractivity contribution in [2.75, 3.05) is 19.6 Å². The molecule has 0 unspecified atom stereocenters. The number of nitrogens with one attached hydrogen (secondary N) is 2. The summed E-state index contributed by atoms with van der Waals surface area (Å²) in [4.78, 5) is 23.0. The predicted octanol–water partition coefficient (Wildman–Crippen LogP) is 3.44. The summed E-state index contributed by atoms with van der Waals surface area (Å²) in [5, 5.41) is 3.11. The van der Waals surface area contributed by atoms with E-state index in [1.54, 1.807) is 0 Å². The first-order valence-corrected chi connectivity index (χ1v) is 10.2. The van der Waals surface area contributed by atoms with Gasteiger partial charge in [-0.15, -0.1) is 0 Å². The number of aryl methyl sites for hydroxylation is 1. The Kier molecular flexibility index (Phi) is 5.72. The number of nitrogens with zero attached hydrogens (tertiary/aromatic N) is 2. The van der Waals surface area contributed by atoms with Gasteiger partial charge in [0.1, 0.15) is 5.82 Å². The SMILES string of the molecule is Cc1ccc2nc(CN3CCC(C(=O)NCCc4ccccc4)CC3)[nH]c2c1. The summed E-state index contributed by atoms with van der Waals surface area (Å²) in [7, 11) is 0. The van der Waals surface area contributed by atoms with Gasteiger partial charge in [-0.3, -0.25) is 9.69 Å². The molecule has 2 heterocycles. The summed E-state index contributed by atoms with van der Waals surface area (Å²) >= 11 is 0. The number of aromatic nitrogens is 2. The van der Waals surface area contributed by atoms with Crippen molar-refractivity contribution in [1.29, 1.82) is 0 Å². The molecular formula is C23H28N4O. The van der Waals surface area contributed by atoms with Gasteiger partial charge in [0.25, 0.3) is 0 Å². The van der Waals surface area contributed by atoms with Crippen molar-refractivity contribution in [2.45, 2.75) is 32.7 Å². The first kappa shape index (κ1) is 18.7. The topological polar surface area (TPSA) is 61.0 Å². The molecule has 0 spiro atoms. The maximum absolute atomic E-state index is 12.5. The fourth-order valence-electron chi connectivity index (χ4n) is 3.94. The van der Waals surface area contributed by atoms with Gasteiger partial charge < -0.3 is 10.3 Å². The van der Waals surface area contributed by atoms with E-state index >= 15 is 0 Å². The van der Waals surface area contributed by atoms with Gasteiger partial charge in [-0.25, -0.2) is 4.98 Å². The van der Waals surface area contributed by atoms with Crippen LogP contribution in [-0.2, 0) is 17.8 Å². The van der Waals surface area contributed by atoms with E-state index in [-0.39, 0.29) is 11.8 Å². The quantitative estimate of drug-likeness (QED) is 0.693. The van der Waals surface area contributed by atoms with Crippen LogP contribution in [0.5, 0.6) is 0 Å². The molecule has 2 N–H and O–H groups in total. The molecule has 2 aromatic carbocycles. The second-order valence-corrected chi connectivity index (χ2v) is 7.78. The summed E-state index contributed by atoms with van der Waals surface area (Å²) in [5.74, 6) is 1.34. The number of piperidine rings is 1. The fraction of sp³-hybridized carbons (Fsp3) is 0.391. The molecule has 5 nitrogen and oxygen atoms in total. The van der Waals surface area contributed by atoms with Crippen molar-refractivity contribution in [2.24, 2.45) is 5.92 Å². The second kappa shape index (κ2) is 8.57. The van der Waals surface area contributed by atoms with Crippen LogP contribution < -0.4 is 5.32 Å². The van der Waals surface area contributed by atoms with Crippen molar-refractivity contribution in [3.05, 3.63) is 65.5 Å². The monoisotopic (exact) mass is 376 g/mol. The second-order valence-electron chi connectivity index (χ2n) is 7.78. The van der Waals surface area contributed by atoms with E-state index in [1.807, 2.05) is 18.2 Å². The lowest BCUT2D eigenvalue weighted by molar-refractivity contribution is -0.126. The van der Waals surface area contributed by atoms with E-state index in [9.17, 15) is 4.79 Å². The van der Waals surface area contributed by atoms with Crippen LogP contribution >= 0.6 is 0 Å². The number of hydrogen-bond donors (Lipinski definition) is 2. The average Bonchev–Trinajstić information content (AvgIpc) is 3.10. The molecule has 1 amide bonds. The van der Waals surface area contributed by atoms with Crippen LogP contribution in [0, 0.1) is 12.8 Å². The van der Waals surface area contributed by atoms with E-state index in [2.05, 4.69) is 52.5 Å². The third-order valence-electron chi connectivity index (χ3n) is 5.57. The lowest BCUT2D eigenvalue weighted by atomic mass is 9.96. The van der Waals surface area contributed by atoms with E-state index in [1.165, 1.54) is 11.1 Å². The van der Waals surface area contributed by atoms with Gasteiger partial charge in [-0.05, 0) is 62.5 Å². The standard InChI is InChI=1S/C23H28N4O/c1-17-7-8-20-21(15-17)26-22(25-20)16-27-13-10-19(11-14-27)23(28)24-12-9-18-5-3-2-4-6-18/h2-8,15,19H,9-14,16H2,1H3,(H,24,28)(H,25,26). The molecule has 1 aliphatic rings. The molecule has 3 aromatic rings. The third kappa shape index (κ3) is 4.60. The highest BCUT2D eigenvalue weighted by Gasteiger charge is 2.25. The van der Waals surface area contributed by atoms with Crippen LogP contribution in [0.25, 0.3) is 11.0 Å². The number of imidazole rings is 1. The summed E-state index contributed by atoms with van der Waals surface area (Å²) in [6.07, 6.45) is 2.71. The molecule has 0 aliphatic carbocycles. The molecule has 5 heteroatoms. The molecule has 0 bridgehead atoms. The maximum Gasteiger partial charge on any atom is 0.223 e. The number of carbonyl (C=O) groups is 1. The maximum atomic E-state index is 12.5. The average molecular weight is 377 g/mol. The number of fused-ring (bicyclic) bond motifs is 1. The highest BCUT2D eigenvalue weighted by atomic mass is 16.1. The molecule has 146 valence electrons. The lowest BCUT2D eigenvalue weighted by Gasteiger charge is -2.30. The first-order chi connectivity index (χ1) is 13.7. The summed E-state index contributed by atoms with van der Waals surface area (Å²) in [6, 6.07) is 16.6. The predicted molar refractivity (Wildman–Crippen MR) is 112 cm³/mol. The Hall–Kier alpha value is -2.66. The van der Waals surface area contributed by atoms with Gasteiger partial charge in [0.15, 0.2) is 0 Å². The van der Waals surface area contributed by atoms with Crippen LogP contribution in [0.1, 0.15) is 29.8 Å². The van der Waals surface area contributed by atoms with Crippen molar-refractivity contribution in [1.82, 2.24) is 20.2 Å². The van der Waals surface area contributed by atoms with Crippen LogP contribution in [0.2, 0.25) is 0 Å². The Labute approximate surface area is 166 Å².